The van der Waals surface area contributed by atoms with E-state index in [9.17, 15) is 14.4 Å². The lowest BCUT2D eigenvalue weighted by Crippen LogP contribution is -2.40. The number of hydrogen-bond acceptors (Lipinski definition) is 3. The van der Waals surface area contributed by atoms with Crippen molar-refractivity contribution in [3.8, 4) is 0 Å². The predicted octanol–water partition coefficient (Wildman–Crippen LogP) is 4.99. The number of rotatable bonds is 4. The molecular formula is C25H26ClN3O3. The van der Waals surface area contributed by atoms with Gasteiger partial charge in [-0.2, -0.15) is 0 Å². The number of halogens is 1. The highest BCUT2D eigenvalue weighted by atomic mass is 35.5. The number of carbonyl (C=O) groups is 3. The normalized spacial score (nSPS) is 18.4. The van der Waals surface area contributed by atoms with E-state index in [2.05, 4.69) is 17.2 Å². The predicted molar refractivity (Wildman–Crippen MR) is 125 cm³/mol. The number of fused-ring (bicyclic) bond motifs is 1. The number of carbonyl (C=O) groups excluding carboxylic acids is 3. The van der Waals surface area contributed by atoms with Crippen molar-refractivity contribution in [2.24, 2.45) is 0 Å². The van der Waals surface area contributed by atoms with Crippen molar-refractivity contribution in [1.29, 1.82) is 0 Å². The smallest absolute Gasteiger partial charge is 0.319 e. The third-order valence-electron chi connectivity index (χ3n) is 6.14. The van der Waals surface area contributed by atoms with E-state index in [1.54, 1.807) is 23.1 Å². The summed E-state index contributed by atoms with van der Waals surface area (Å²) in [6, 6.07) is 10.1. The summed E-state index contributed by atoms with van der Waals surface area (Å²) in [7, 11) is 0. The molecule has 166 valence electrons. The first-order valence-electron chi connectivity index (χ1n) is 10.8. The zero-order chi connectivity index (χ0) is 22.8. The molecule has 3 amide bonds. The lowest BCUT2D eigenvalue weighted by Gasteiger charge is -2.25. The van der Waals surface area contributed by atoms with Gasteiger partial charge >= 0.3 is 6.03 Å². The van der Waals surface area contributed by atoms with E-state index in [-0.39, 0.29) is 24.3 Å². The third-order valence-corrected chi connectivity index (χ3v) is 6.55. The molecule has 1 fully saturated rings. The Kier molecular flexibility index (Phi) is 6.33. The van der Waals surface area contributed by atoms with Crippen LogP contribution in [0.25, 0.3) is 0 Å². The number of amides is 3. The quantitative estimate of drug-likeness (QED) is 0.507. The molecule has 0 aromatic heterocycles. The molecule has 1 aliphatic carbocycles. The van der Waals surface area contributed by atoms with Crippen molar-refractivity contribution in [3.63, 3.8) is 0 Å². The summed E-state index contributed by atoms with van der Waals surface area (Å²) in [6.45, 7) is 6.50. The van der Waals surface area contributed by atoms with E-state index < -0.39 is 6.04 Å². The van der Waals surface area contributed by atoms with Gasteiger partial charge in [0.25, 0.3) is 5.91 Å². The average Bonchev–Trinajstić information content (AvgIpc) is 2.99. The zero-order valence-electron chi connectivity index (χ0n) is 18.0. The zero-order valence-corrected chi connectivity index (χ0v) is 18.8. The molecule has 0 spiro atoms. The van der Waals surface area contributed by atoms with Crippen LogP contribution in [0.15, 0.2) is 48.6 Å². The molecule has 7 heteroatoms. The van der Waals surface area contributed by atoms with Gasteiger partial charge in [-0.3, -0.25) is 9.59 Å². The Labute approximate surface area is 192 Å². The number of nitrogens with one attached hydrogen (secondary N) is 2. The Hall–Kier alpha value is -3.12. The van der Waals surface area contributed by atoms with Gasteiger partial charge in [-0.15, -0.1) is 0 Å². The number of urea groups is 1. The van der Waals surface area contributed by atoms with Crippen molar-refractivity contribution in [2.45, 2.75) is 51.7 Å². The number of hydrogen-bond donors (Lipinski definition) is 2. The fraction of sp³-hybridized carbons (Fsp3) is 0.320. The topological polar surface area (TPSA) is 78.5 Å². The van der Waals surface area contributed by atoms with Crippen LogP contribution in [0.4, 0.5) is 10.5 Å². The summed E-state index contributed by atoms with van der Waals surface area (Å²) < 4.78 is 0. The van der Waals surface area contributed by atoms with E-state index in [1.165, 1.54) is 0 Å². The number of aryl methyl sites for hydroxylation is 1. The number of nitrogens with zero attached hydrogens (tertiary/aromatic N) is 1. The molecule has 0 bridgehead atoms. The van der Waals surface area contributed by atoms with Crippen LogP contribution in [0.5, 0.6) is 0 Å². The molecule has 2 aromatic carbocycles. The molecule has 4 rings (SSSR count). The first-order valence-corrected chi connectivity index (χ1v) is 11.1. The number of Topliss-reactive ketones (excluding diaryl/α,β-unsaturated/α-hetero) is 1. The van der Waals surface area contributed by atoms with Crippen LogP contribution >= 0.6 is 11.6 Å². The minimum Gasteiger partial charge on any atom is -0.334 e. The summed E-state index contributed by atoms with van der Waals surface area (Å²) in [6.07, 6.45) is 2.68. The molecule has 6 nitrogen and oxygen atoms in total. The van der Waals surface area contributed by atoms with E-state index in [1.807, 2.05) is 25.1 Å². The van der Waals surface area contributed by atoms with Crippen LogP contribution in [0.2, 0.25) is 5.02 Å². The molecule has 1 aliphatic heterocycles. The average molecular weight is 452 g/mol. The van der Waals surface area contributed by atoms with Gasteiger partial charge in [-0.1, -0.05) is 42.0 Å². The minimum atomic E-state index is -0.412. The molecule has 0 saturated heterocycles. The number of anilines is 1. The van der Waals surface area contributed by atoms with Crippen LogP contribution in [-0.4, -0.2) is 28.7 Å². The van der Waals surface area contributed by atoms with Crippen LogP contribution < -0.4 is 10.6 Å². The van der Waals surface area contributed by atoms with Gasteiger partial charge in [0.2, 0.25) is 0 Å². The highest BCUT2D eigenvalue weighted by Crippen LogP contribution is 2.32. The van der Waals surface area contributed by atoms with E-state index in [0.717, 1.165) is 35.1 Å². The lowest BCUT2D eigenvalue weighted by molar-refractivity contribution is -0.122. The molecule has 1 atom stereocenters. The maximum absolute atomic E-state index is 13.1. The minimum absolute atomic E-state index is 0.0597. The van der Waals surface area contributed by atoms with Crippen molar-refractivity contribution < 1.29 is 14.4 Å². The maximum atomic E-state index is 13.1. The van der Waals surface area contributed by atoms with Crippen LogP contribution in [0, 0.1) is 6.92 Å². The standard InChI is InChI=1S/C25H26ClN3O3/c1-15-5-3-8-22(23(30)11-15)29-14-20-17(6-4-7-19(20)24(29)31)13-27-25(32)28-18-10-9-16(2)21(26)12-18/h4,6-7,9-10,12,22H,1,3,5,8,11,13-14H2,2H3,(H2,27,28,32). The van der Waals surface area contributed by atoms with Gasteiger partial charge in [0.05, 0.1) is 6.04 Å². The van der Waals surface area contributed by atoms with Gasteiger partial charge in [0, 0.05) is 35.8 Å². The first-order chi connectivity index (χ1) is 15.3. The number of ketones is 1. The monoisotopic (exact) mass is 451 g/mol. The summed E-state index contributed by atoms with van der Waals surface area (Å²) in [4.78, 5) is 39.8. The largest absolute Gasteiger partial charge is 0.334 e. The Morgan fingerprint density at radius 1 is 1.25 bits per heavy atom. The highest BCUT2D eigenvalue weighted by Gasteiger charge is 2.37. The second-order valence-corrected chi connectivity index (χ2v) is 8.86. The Morgan fingerprint density at radius 3 is 2.84 bits per heavy atom. The SMILES string of the molecule is C=C1CCCC(N2Cc3c(CNC(=O)Nc4ccc(C)c(Cl)c4)cccc3C2=O)C(=O)C1. The summed E-state index contributed by atoms with van der Waals surface area (Å²) in [5, 5.41) is 6.20. The fourth-order valence-corrected chi connectivity index (χ4v) is 4.53. The fourth-order valence-electron chi connectivity index (χ4n) is 4.35. The van der Waals surface area contributed by atoms with Crippen molar-refractivity contribution in [1.82, 2.24) is 10.2 Å². The van der Waals surface area contributed by atoms with E-state index in [4.69, 9.17) is 11.6 Å². The van der Waals surface area contributed by atoms with Gasteiger partial charge in [-0.25, -0.2) is 4.79 Å². The van der Waals surface area contributed by atoms with E-state index in [0.29, 0.717) is 35.7 Å². The lowest BCUT2D eigenvalue weighted by atomic mass is 10.0. The molecule has 0 radical (unpaired) electrons. The summed E-state index contributed by atoms with van der Waals surface area (Å²) in [5.74, 6) is -0.0593. The molecule has 2 aromatic rings. The number of benzene rings is 2. The molecule has 1 saturated carbocycles. The Bertz CT molecular complexity index is 1110. The summed E-state index contributed by atoms with van der Waals surface area (Å²) in [5.41, 5.74) is 4.81. The van der Waals surface area contributed by atoms with Crippen LogP contribution in [0.3, 0.4) is 0 Å². The van der Waals surface area contributed by atoms with Gasteiger partial charge in [-0.05, 0) is 61.1 Å². The Morgan fingerprint density at radius 2 is 2.06 bits per heavy atom. The van der Waals surface area contributed by atoms with E-state index >= 15 is 0 Å². The molecule has 1 unspecified atom stereocenters. The van der Waals surface area contributed by atoms with Crippen molar-refractivity contribution in [3.05, 3.63) is 75.8 Å². The molecule has 2 N–H and O–H groups in total. The molecule has 1 heterocycles. The van der Waals surface area contributed by atoms with Gasteiger partial charge in [0.15, 0.2) is 5.78 Å². The summed E-state index contributed by atoms with van der Waals surface area (Å²) >= 11 is 6.12. The molecular weight excluding hydrogens is 426 g/mol. The molecule has 32 heavy (non-hydrogen) atoms. The van der Waals surface area contributed by atoms with Gasteiger partial charge < -0.3 is 15.5 Å². The maximum Gasteiger partial charge on any atom is 0.319 e. The number of allylic oxidation sites excluding steroid dienone is 1. The van der Waals surface area contributed by atoms with Crippen LogP contribution in [0.1, 0.15) is 52.7 Å². The van der Waals surface area contributed by atoms with Crippen molar-refractivity contribution in [2.75, 3.05) is 5.32 Å². The molecule has 2 aliphatic rings. The second-order valence-electron chi connectivity index (χ2n) is 8.45. The van der Waals surface area contributed by atoms with Crippen molar-refractivity contribution >= 4 is 35.0 Å². The first kappa shape index (κ1) is 22.1. The second kappa shape index (κ2) is 9.17. The third kappa shape index (κ3) is 4.55. The van der Waals surface area contributed by atoms with Gasteiger partial charge in [0.1, 0.15) is 0 Å². The van der Waals surface area contributed by atoms with Crippen LogP contribution in [-0.2, 0) is 17.9 Å². The Balaban J connectivity index is 1.44. The highest BCUT2D eigenvalue weighted by molar-refractivity contribution is 6.31.